The molecule has 1 aliphatic rings. The van der Waals surface area contributed by atoms with Crippen LogP contribution < -0.4 is 10.6 Å². The minimum Gasteiger partial charge on any atom is -0.344 e. The number of hydrogen-bond acceptors (Lipinski definition) is 3. The van der Waals surface area contributed by atoms with E-state index in [1.807, 2.05) is 0 Å². The molecule has 0 bridgehead atoms. The fourth-order valence-corrected chi connectivity index (χ4v) is 1.53. The van der Waals surface area contributed by atoms with Crippen LogP contribution in [0.25, 0.3) is 0 Å². The lowest BCUT2D eigenvalue weighted by Crippen LogP contribution is -2.50. The second-order valence-corrected chi connectivity index (χ2v) is 6.46. The second-order valence-electron chi connectivity index (χ2n) is 4.25. The molecule has 7 nitrogen and oxygen atoms in total. The van der Waals surface area contributed by atoms with Crippen molar-refractivity contribution < 1.29 is 23.9 Å². The van der Waals surface area contributed by atoms with E-state index in [9.17, 15) is 14.2 Å². The van der Waals surface area contributed by atoms with Gasteiger partial charge < -0.3 is 20.4 Å². The minimum atomic E-state index is -4.42. The molecule has 0 spiro atoms. The van der Waals surface area contributed by atoms with Crippen LogP contribution >= 0.6 is 7.60 Å². The van der Waals surface area contributed by atoms with Crippen LogP contribution in [0, 0.1) is 0 Å². The molecule has 1 heterocycles. The fraction of sp³-hybridized carbons (Fsp3) is 0.750. The van der Waals surface area contributed by atoms with E-state index in [-0.39, 0.29) is 12.3 Å². The first-order valence-corrected chi connectivity index (χ1v) is 6.42. The molecule has 0 radical (unpaired) electrons. The van der Waals surface area contributed by atoms with Crippen molar-refractivity contribution in [1.29, 1.82) is 0 Å². The first kappa shape index (κ1) is 13.2. The third-order valence-electron chi connectivity index (χ3n) is 2.47. The Morgan fingerprint density at radius 3 is 2.50 bits per heavy atom. The number of rotatable bonds is 3. The standard InChI is InChI=1S/C8H15N2O5P/c1-8(2,16(13,14)15)10-7(12)5-3-4-6(11)9-5/h5H,3-4H2,1-2H3,(H,9,11)(H,10,12)(H2,13,14,15). The third-order valence-corrected chi connectivity index (χ3v) is 4.04. The van der Waals surface area contributed by atoms with E-state index in [4.69, 9.17) is 9.79 Å². The van der Waals surface area contributed by atoms with Crippen LogP contribution in [0.4, 0.5) is 0 Å². The van der Waals surface area contributed by atoms with Crippen LogP contribution in [0.5, 0.6) is 0 Å². The van der Waals surface area contributed by atoms with Crippen molar-refractivity contribution in [1.82, 2.24) is 10.6 Å². The van der Waals surface area contributed by atoms with E-state index in [0.717, 1.165) is 0 Å². The van der Waals surface area contributed by atoms with Crippen LogP contribution in [-0.2, 0) is 14.2 Å². The van der Waals surface area contributed by atoms with Gasteiger partial charge in [-0.25, -0.2) is 0 Å². The van der Waals surface area contributed by atoms with Gasteiger partial charge in [0.2, 0.25) is 11.8 Å². The molecule has 8 heteroatoms. The Kier molecular flexibility index (Phi) is 3.42. The van der Waals surface area contributed by atoms with Crippen molar-refractivity contribution in [3.8, 4) is 0 Å². The van der Waals surface area contributed by atoms with Gasteiger partial charge in [0.15, 0.2) is 0 Å². The largest absolute Gasteiger partial charge is 0.350 e. The Balaban J connectivity index is 2.65. The van der Waals surface area contributed by atoms with Crippen molar-refractivity contribution in [2.45, 2.75) is 38.0 Å². The molecule has 0 saturated carbocycles. The number of carbonyl (C=O) groups excluding carboxylic acids is 2. The van der Waals surface area contributed by atoms with Crippen molar-refractivity contribution in [2.24, 2.45) is 0 Å². The van der Waals surface area contributed by atoms with Crippen molar-refractivity contribution >= 4 is 19.4 Å². The van der Waals surface area contributed by atoms with Crippen LogP contribution in [0.1, 0.15) is 26.7 Å². The summed E-state index contributed by atoms with van der Waals surface area (Å²) < 4.78 is 11.1. The monoisotopic (exact) mass is 250 g/mol. The molecule has 92 valence electrons. The molecule has 1 fully saturated rings. The molecule has 1 atom stereocenters. The van der Waals surface area contributed by atoms with Gasteiger partial charge in [0.1, 0.15) is 11.3 Å². The van der Waals surface area contributed by atoms with E-state index in [1.54, 1.807) is 0 Å². The van der Waals surface area contributed by atoms with E-state index in [2.05, 4.69) is 10.6 Å². The smallest absolute Gasteiger partial charge is 0.344 e. The van der Waals surface area contributed by atoms with Gasteiger partial charge >= 0.3 is 7.60 Å². The van der Waals surface area contributed by atoms with Crippen LogP contribution in [0.2, 0.25) is 0 Å². The highest BCUT2D eigenvalue weighted by Crippen LogP contribution is 2.48. The number of nitrogens with one attached hydrogen (secondary N) is 2. The van der Waals surface area contributed by atoms with E-state index in [1.165, 1.54) is 13.8 Å². The van der Waals surface area contributed by atoms with E-state index < -0.39 is 24.8 Å². The third kappa shape index (κ3) is 2.81. The zero-order valence-corrected chi connectivity index (χ0v) is 9.95. The highest BCUT2D eigenvalue weighted by molar-refractivity contribution is 7.53. The van der Waals surface area contributed by atoms with E-state index in [0.29, 0.717) is 6.42 Å². The van der Waals surface area contributed by atoms with Crippen molar-refractivity contribution in [3.63, 3.8) is 0 Å². The predicted octanol–water partition coefficient (Wildman–Crippen LogP) is -0.705. The summed E-state index contributed by atoms with van der Waals surface area (Å²) in [5.41, 5.74) is 0. The Hall–Kier alpha value is -0.910. The van der Waals surface area contributed by atoms with Gasteiger partial charge in [0.25, 0.3) is 0 Å². The molecular weight excluding hydrogens is 235 g/mol. The quantitative estimate of drug-likeness (QED) is 0.494. The summed E-state index contributed by atoms with van der Waals surface area (Å²) in [4.78, 5) is 40.5. The van der Waals surface area contributed by atoms with Gasteiger partial charge in [-0.1, -0.05) is 0 Å². The Bertz CT molecular complexity index is 361. The van der Waals surface area contributed by atoms with Crippen LogP contribution in [0.3, 0.4) is 0 Å². The van der Waals surface area contributed by atoms with Crippen LogP contribution in [0.15, 0.2) is 0 Å². The lowest BCUT2D eigenvalue weighted by atomic mass is 10.2. The lowest BCUT2D eigenvalue weighted by molar-refractivity contribution is -0.126. The van der Waals surface area contributed by atoms with Gasteiger partial charge in [0.05, 0.1) is 0 Å². The Morgan fingerprint density at radius 2 is 2.12 bits per heavy atom. The maximum atomic E-state index is 11.6. The van der Waals surface area contributed by atoms with E-state index >= 15 is 0 Å². The number of amides is 2. The summed E-state index contributed by atoms with van der Waals surface area (Å²) in [5.74, 6) is -0.798. The normalized spacial score (nSPS) is 21.8. The molecule has 0 aromatic heterocycles. The van der Waals surface area contributed by atoms with Gasteiger partial charge in [-0.2, -0.15) is 0 Å². The van der Waals surface area contributed by atoms with Crippen molar-refractivity contribution in [2.75, 3.05) is 0 Å². The molecule has 1 aliphatic heterocycles. The molecule has 16 heavy (non-hydrogen) atoms. The van der Waals surface area contributed by atoms with Gasteiger partial charge in [-0.05, 0) is 20.3 Å². The highest BCUT2D eigenvalue weighted by Gasteiger charge is 2.41. The molecule has 1 saturated heterocycles. The SMILES string of the molecule is CC(C)(NC(=O)C1CCC(=O)N1)P(=O)(O)O. The molecule has 1 unspecified atom stereocenters. The average molecular weight is 250 g/mol. The highest BCUT2D eigenvalue weighted by atomic mass is 31.2. The Morgan fingerprint density at radius 1 is 1.56 bits per heavy atom. The fourth-order valence-electron chi connectivity index (χ4n) is 1.27. The summed E-state index contributed by atoms with van der Waals surface area (Å²) in [6.45, 7) is 2.48. The zero-order valence-electron chi connectivity index (χ0n) is 9.06. The second kappa shape index (κ2) is 4.16. The molecule has 0 aliphatic carbocycles. The molecule has 1 rings (SSSR count). The predicted molar refractivity (Wildman–Crippen MR) is 55.4 cm³/mol. The molecule has 0 aromatic carbocycles. The van der Waals surface area contributed by atoms with Gasteiger partial charge in [-0.15, -0.1) is 0 Å². The van der Waals surface area contributed by atoms with Gasteiger partial charge in [0, 0.05) is 6.42 Å². The molecular formula is C8H15N2O5P. The number of hydrogen-bond donors (Lipinski definition) is 4. The summed E-state index contributed by atoms with van der Waals surface area (Å²) in [7, 11) is -4.42. The lowest BCUT2D eigenvalue weighted by Gasteiger charge is -2.28. The number of carbonyl (C=O) groups is 2. The maximum Gasteiger partial charge on any atom is 0.350 e. The molecule has 2 amide bonds. The average Bonchev–Trinajstić information content (AvgIpc) is 2.48. The van der Waals surface area contributed by atoms with Crippen molar-refractivity contribution in [3.05, 3.63) is 0 Å². The van der Waals surface area contributed by atoms with Gasteiger partial charge in [-0.3, -0.25) is 14.2 Å². The van der Waals surface area contributed by atoms with Crippen LogP contribution in [-0.4, -0.2) is 32.9 Å². The molecule has 4 N–H and O–H groups in total. The maximum absolute atomic E-state index is 11.6. The summed E-state index contributed by atoms with van der Waals surface area (Å²) in [6, 6.07) is -0.696. The molecule has 0 aromatic rings. The Labute approximate surface area is 92.8 Å². The first-order chi connectivity index (χ1) is 7.13. The minimum absolute atomic E-state index is 0.228. The summed E-state index contributed by atoms with van der Waals surface area (Å²) in [5, 5.41) is 3.04. The zero-order chi connectivity index (χ0) is 12.6. The first-order valence-electron chi connectivity index (χ1n) is 4.80. The topological polar surface area (TPSA) is 116 Å². The summed E-state index contributed by atoms with van der Waals surface area (Å²) >= 11 is 0. The summed E-state index contributed by atoms with van der Waals surface area (Å²) in [6.07, 6.45) is 0.607.